The lowest BCUT2D eigenvalue weighted by Gasteiger charge is -2.28. The second-order valence-corrected chi connectivity index (χ2v) is 16.1. The number of hydrogen-bond acceptors (Lipinski definition) is 15. The smallest absolute Gasteiger partial charge is 0.326 e. The fourth-order valence-electron chi connectivity index (χ4n) is 5.69. The molecule has 380 valence electrons. The van der Waals surface area contributed by atoms with Crippen molar-refractivity contribution >= 4 is 71.1 Å². The summed E-state index contributed by atoms with van der Waals surface area (Å²) in [6, 6.07) is -11.4. The Morgan fingerprint density at radius 2 is 1.12 bits per heavy atom. The molecule has 0 saturated heterocycles. The van der Waals surface area contributed by atoms with Crippen molar-refractivity contribution < 1.29 is 73.2 Å². The van der Waals surface area contributed by atoms with E-state index in [9.17, 15) is 73.2 Å². The van der Waals surface area contributed by atoms with Gasteiger partial charge in [0, 0.05) is 6.54 Å². The van der Waals surface area contributed by atoms with Crippen molar-refractivity contribution in [3.63, 3.8) is 0 Å². The van der Waals surface area contributed by atoms with Gasteiger partial charge >= 0.3 is 11.9 Å². The minimum atomic E-state index is -1.68. The van der Waals surface area contributed by atoms with Crippen LogP contribution in [0.3, 0.4) is 0 Å². The van der Waals surface area contributed by atoms with Crippen LogP contribution in [-0.2, 0) is 52.7 Å². The lowest BCUT2D eigenvalue weighted by atomic mass is 9.97. The van der Waals surface area contributed by atoms with Gasteiger partial charge in [0.25, 0.3) is 0 Å². The molecule has 0 aromatic rings. The Labute approximate surface area is 386 Å². The number of nitrogens with two attached hydrogens (primary N) is 3. The maximum atomic E-state index is 13.5. The summed E-state index contributed by atoms with van der Waals surface area (Å²) in [5.74, 6) is -12.4. The van der Waals surface area contributed by atoms with Gasteiger partial charge in [-0.05, 0) is 51.9 Å². The SMILES string of the molecule is CC[C@H](C)[C@H](NC(=O)CNC(=O)[C@H](CO)NC(=O)[C@H](CC(C)C)NC(=O)[C@H](CC(=O)O)NC(=O)[C@H](C)N)C(=O)N[C@H](C(=O)NCC(=O)N[C@@H](C)C(=O)N[C@@H](CCCN=C(N)N)C(=O)O)[C@@H](C)O. The summed E-state index contributed by atoms with van der Waals surface area (Å²) in [5, 5.41) is 59.6. The number of aliphatic carboxylic acids is 2. The van der Waals surface area contributed by atoms with Crippen molar-refractivity contribution in [2.75, 3.05) is 26.2 Å². The fourth-order valence-corrected chi connectivity index (χ4v) is 5.69. The Bertz CT molecular complexity index is 1780. The monoisotopic (exact) mass is 960 g/mol. The van der Waals surface area contributed by atoms with Gasteiger partial charge in [-0.25, -0.2) is 4.79 Å². The van der Waals surface area contributed by atoms with Crippen LogP contribution >= 0.6 is 0 Å². The van der Waals surface area contributed by atoms with Gasteiger partial charge in [-0.15, -0.1) is 0 Å². The number of carboxylic acids is 2. The zero-order valence-corrected chi connectivity index (χ0v) is 38.7. The molecule has 0 rings (SSSR count). The molecular formula is C39H69N13O15. The molecule has 0 aliphatic heterocycles. The van der Waals surface area contributed by atoms with E-state index < -0.39 is 152 Å². The van der Waals surface area contributed by atoms with E-state index in [4.69, 9.17) is 17.2 Å². The number of carbonyl (C=O) groups excluding carboxylic acids is 9. The average molecular weight is 960 g/mol. The molecule has 0 heterocycles. The van der Waals surface area contributed by atoms with Crippen molar-refractivity contribution in [2.45, 2.75) is 135 Å². The minimum absolute atomic E-state index is 0.0291. The van der Waals surface area contributed by atoms with Crippen LogP contribution in [0.2, 0.25) is 0 Å². The summed E-state index contributed by atoms with van der Waals surface area (Å²) in [5.41, 5.74) is 16.0. The molecule has 28 nitrogen and oxygen atoms in total. The Morgan fingerprint density at radius 1 is 0.597 bits per heavy atom. The van der Waals surface area contributed by atoms with Crippen LogP contribution < -0.4 is 65.1 Å². The molecular weight excluding hydrogens is 891 g/mol. The largest absolute Gasteiger partial charge is 0.481 e. The summed E-state index contributed by atoms with van der Waals surface area (Å²) < 4.78 is 0. The number of carboxylic acid groups (broad SMARTS) is 2. The summed E-state index contributed by atoms with van der Waals surface area (Å²) in [6.07, 6.45) is -1.94. The first kappa shape index (κ1) is 60.3. The van der Waals surface area contributed by atoms with Crippen LogP contribution in [0, 0.1) is 11.8 Å². The van der Waals surface area contributed by atoms with Crippen LogP contribution in [0.1, 0.15) is 80.6 Å². The number of nitrogens with zero attached hydrogens (tertiary/aromatic N) is 1. The number of aliphatic hydroxyl groups excluding tert-OH is 2. The van der Waals surface area contributed by atoms with Gasteiger partial charge in [0.1, 0.15) is 42.3 Å². The van der Waals surface area contributed by atoms with Crippen molar-refractivity contribution in [2.24, 2.45) is 34.0 Å². The number of nitrogens with one attached hydrogen (secondary N) is 9. The number of amides is 9. The third-order valence-corrected chi connectivity index (χ3v) is 9.63. The number of rotatable bonds is 31. The maximum absolute atomic E-state index is 13.5. The number of aliphatic imine (C=N–C) groups is 1. The Kier molecular flexibility index (Phi) is 27.5. The van der Waals surface area contributed by atoms with Crippen LogP contribution in [0.4, 0.5) is 0 Å². The summed E-state index contributed by atoms with van der Waals surface area (Å²) >= 11 is 0. The minimum Gasteiger partial charge on any atom is -0.481 e. The topological polar surface area (TPSA) is 467 Å². The normalized spacial score (nSPS) is 15.4. The molecule has 0 aromatic heterocycles. The van der Waals surface area contributed by atoms with E-state index in [-0.39, 0.29) is 37.7 Å². The molecule has 0 aromatic carbocycles. The molecule has 0 aliphatic rings. The van der Waals surface area contributed by atoms with Crippen molar-refractivity contribution in [3.05, 3.63) is 0 Å². The first-order valence-electron chi connectivity index (χ1n) is 21.4. The van der Waals surface area contributed by atoms with Crippen molar-refractivity contribution in [1.82, 2.24) is 47.9 Å². The molecule has 0 spiro atoms. The van der Waals surface area contributed by atoms with Crippen molar-refractivity contribution in [1.29, 1.82) is 0 Å². The highest BCUT2D eigenvalue weighted by Gasteiger charge is 2.34. The number of hydrogen-bond donors (Lipinski definition) is 16. The number of carbonyl (C=O) groups is 11. The second-order valence-electron chi connectivity index (χ2n) is 16.1. The third-order valence-electron chi connectivity index (χ3n) is 9.63. The van der Waals surface area contributed by atoms with Gasteiger partial charge in [0.15, 0.2) is 5.96 Å². The highest BCUT2D eigenvalue weighted by atomic mass is 16.4. The van der Waals surface area contributed by atoms with Crippen LogP contribution in [-0.4, -0.2) is 172 Å². The van der Waals surface area contributed by atoms with Crippen LogP contribution in [0.15, 0.2) is 4.99 Å². The highest BCUT2D eigenvalue weighted by molar-refractivity contribution is 5.98. The van der Waals surface area contributed by atoms with E-state index in [1.807, 2.05) is 0 Å². The third kappa shape index (κ3) is 23.9. The Hall–Kier alpha value is -6.68. The van der Waals surface area contributed by atoms with Gasteiger partial charge in [-0.3, -0.25) is 52.9 Å². The molecule has 0 fully saturated rings. The predicted octanol–water partition coefficient (Wildman–Crippen LogP) is -6.94. The average Bonchev–Trinajstić information content (AvgIpc) is 3.23. The predicted molar refractivity (Wildman–Crippen MR) is 236 cm³/mol. The zero-order chi connectivity index (χ0) is 51.7. The number of guanidine groups is 1. The number of aliphatic hydroxyl groups is 2. The van der Waals surface area contributed by atoms with Gasteiger partial charge in [0.05, 0.1) is 38.3 Å². The zero-order valence-electron chi connectivity index (χ0n) is 38.7. The van der Waals surface area contributed by atoms with E-state index >= 15 is 0 Å². The molecule has 10 atom stereocenters. The molecule has 0 unspecified atom stereocenters. The summed E-state index contributed by atoms with van der Waals surface area (Å²) in [7, 11) is 0. The fraction of sp³-hybridized carbons (Fsp3) is 0.692. The van der Waals surface area contributed by atoms with Gasteiger partial charge in [-0.2, -0.15) is 0 Å². The Morgan fingerprint density at radius 3 is 1.61 bits per heavy atom. The molecule has 28 heteroatoms. The van der Waals surface area contributed by atoms with E-state index in [1.165, 1.54) is 13.8 Å². The highest BCUT2D eigenvalue weighted by Crippen LogP contribution is 2.10. The lowest BCUT2D eigenvalue weighted by molar-refractivity contribution is -0.142. The van der Waals surface area contributed by atoms with Gasteiger partial charge in [0.2, 0.25) is 53.2 Å². The van der Waals surface area contributed by atoms with E-state index in [0.717, 1.165) is 6.92 Å². The maximum Gasteiger partial charge on any atom is 0.326 e. The van der Waals surface area contributed by atoms with Crippen molar-refractivity contribution in [3.8, 4) is 0 Å². The first-order valence-corrected chi connectivity index (χ1v) is 21.4. The van der Waals surface area contributed by atoms with Crippen LogP contribution in [0.25, 0.3) is 0 Å². The Balaban J connectivity index is 5.61. The van der Waals surface area contributed by atoms with Gasteiger partial charge < -0.3 is 85.5 Å². The van der Waals surface area contributed by atoms with Crippen LogP contribution in [0.5, 0.6) is 0 Å². The molecule has 9 amide bonds. The molecule has 0 saturated carbocycles. The van der Waals surface area contributed by atoms with E-state index in [1.54, 1.807) is 27.7 Å². The molecule has 0 aliphatic carbocycles. The second kappa shape index (κ2) is 30.5. The summed E-state index contributed by atoms with van der Waals surface area (Å²) in [6.45, 7) is 7.96. The van der Waals surface area contributed by atoms with Gasteiger partial charge in [-0.1, -0.05) is 34.1 Å². The lowest BCUT2D eigenvalue weighted by Crippen LogP contribution is -2.60. The molecule has 19 N–H and O–H groups in total. The molecule has 0 radical (unpaired) electrons. The first-order chi connectivity index (χ1) is 31.1. The molecule has 0 bridgehead atoms. The van der Waals surface area contributed by atoms with E-state index in [0.29, 0.717) is 6.42 Å². The summed E-state index contributed by atoms with van der Waals surface area (Å²) in [4.78, 5) is 143. The molecule has 67 heavy (non-hydrogen) atoms. The standard InChI is InChI=1S/C39H69N13O15/c1-8-18(4)29(37(65)52-30(21(7)54)36(64)45-14-26(55)46-20(6)32(60)47-22(38(66)67)10-9-11-43-39(41)42)51-27(56)15-44-33(61)25(16-53)50-34(62)23(12-17(2)3)49-35(63)24(13-28(57)58)48-31(59)19(5)40/h17-25,29-30,53-54H,8-16,40H2,1-7H3,(H,44,61)(H,45,64)(H,46,55)(H,47,60)(H,48,59)(H,49,63)(H,50,62)(H,51,56)(H,52,65)(H,57,58)(H,66,67)(H4,41,42,43)/t18-,19-,20-,21+,22-,23-,24-,25-,29-,30-/m0/s1. The quantitative estimate of drug-likeness (QED) is 0.0174. The van der Waals surface area contributed by atoms with E-state index in [2.05, 4.69) is 52.8 Å².